The van der Waals surface area contributed by atoms with Crippen molar-refractivity contribution in [3.8, 4) is 0 Å². The van der Waals surface area contributed by atoms with E-state index < -0.39 is 17.0 Å². The molecule has 0 atom stereocenters. The Morgan fingerprint density at radius 1 is 0.810 bits per heavy atom. The number of hydrogen-bond donors (Lipinski definition) is 0. The lowest BCUT2D eigenvalue weighted by Crippen LogP contribution is -2.56. The van der Waals surface area contributed by atoms with Crippen LogP contribution in [0.25, 0.3) is 0 Å². The number of piperazine rings is 1. The fraction of sp³-hybridized carbons (Fsp3) is 1.00. The van der Waals surface area contributed by atoms with Crippen LogP contribution in [0.1, 0.15) is 12.8 Å². The summed E-state index contributed by atoms with van der Waals surface area (Å²) in [5.74, 6) is 0. The van der Waals surface area contributed by atoms with E-state index in [1.54, 1.807) is 21.3 Å². The number of unbranched alkanes of at least 4 members (excludes halogenated alkanes) is 1. The molecule has 0 aromatic rings. The molecule has 1 heterocycles. The van der Waals surface area contributed by atoms with Crippen molar-refractivity contribution in [3.05, 3.63) is 0 Å². The van der Waals surface area contributed by atoms with E-state index in [4.69, 9.17) is 13.3 Å². The van der Waals surface area contributed by atoms with Crippen molar-refractivity contribution in [1.82, 2.24) is 9.47 Å². The van der Waals surface area contributed by atoms with Crippen LogP contribution in [0.15, 0.2) is 0 Å². The molecule has 1 rings (SSSR count). The van der Waals surface area contributed by atoms with Gasteiger partial charge < -0.3 is 22.7 Å². The quantitative estimate of drug-likeness (QED) is 0.476. The predicted molar refractivity (Wildman–Crippen MR) is 92.2 cm³/mol. The van der Waals surface area contributed by atoms with Gasteiger partial charge in [-0.1, -0.05) is 19.6 Å². The Hall–Kier alpha value is 0.234. The molecule has 0 aromatic heterocycles. The third kappa shape index (κ3) is 6.09. The van der Waals surface area contributed by atoms with Crippen LogP contribution in [0.2, 0.25) is 25.7 Å². The highest BCUT2D eigenvalue weighted by Crippen LogP contribution is 2.17. The van der Waals surface area contributed by atoms with E-state index in [2.05, 4.69) is 29.1 Å². The first-order chi connectivity index (χ1) is 9.87. The second-order valence-corrected chi connectivity index (χ2v) is 14.8. The van der Waals surface area contributed by atoms with Crippen LogP contribution < -0.4 is 0 Å². The van der Waals surface area contributed by atoms with Gasteiger partial charge in [-0.3, -0.25) is 0 Å². The topological polar surface area (TPSA) is 34.2 Å². The largest absolute Gasteiger partial charge is 0.500 e. The molecule has 126 valence electrons. The van der Waals surface area contributed by atoms with Gasteiger partial charge in [-0.15, -0.1) is 0 Å². The zero-order valence-corrected chi connectivity index (χ0v) is 16.8. The monoisotopic (exact) mass is 334 g/mol. The summed E-state index contributed by atoms with van der Waals surface area (Å²) in [5, 5.41) is 0. The Kier molecular flexibility index (Phi) is 8.04. The lowest BCUT2D eigenvalue weighted by Gasteiger charge is -2.41. The van der Waals surface area contributed by atoms with Crippen LogP contribution in [0.3, 0.4) is 0 Å². The molecule has 0 aliphatic carbocycles. The zero-order valence-electron chi connectivity index (χ0n) is 14.8. The Morgan fingerprint density at radius 3 is 1.76 bits per heavy atom. The van der Waals surface area contributed by atoms with Gasteiger partial charge in [-0.2, -0.15) is 0 Å². The van der Waals surface area contributed by atoms with Gasteiger partial charge in [0.25, 0.3) is 0 Å². The van der Waals surface area contributed by atoms with Gasteiger partial charge in [0.15, 0.2) is 0 Å². The SMILES string of the molecule is CO[Si](CCCCN1CCN([Si](C)(C)C)CC1)(OC)OC. The molecule has 7 heteroatoms. The van der Waals surface area contributed by atoms with Crippen molar-refractivity contribution >= 4 is 17.0 Å². The Bertz CT molecular complexity index is 280. The molecule has 0 amide bonds. The number of nitrogens with zero attached hydrogens (tertiary/aromatic N) is 2. The minimum Gasteiger partial charge on any atom is -0.377 e. The van der Waals surface area contributed by atoms with Crippen molar-refractivity contribution in [2.45, 2.75) is 38.5 Å². The van der Waals surface area contributed by atoms with Crippen LogP contribution in [0.4, 0.5) is 0 Å². The van der Waals surface area contributed by atoms with E-state index in [1.807, 2.05) is 0 Å². The van der Waals surface area contributed by atoms with Crippen molar-refractivity contribution in [2.24, 2.45) is 0 Å². The second kappa shape index (κ2) is 8.76. The molecular weight excluding hydrogens is 300 g/mol. The summed E-state index contributed by atoms with van der Waals surface area (Å²) >= 11 is 0. The summed E-state index contributed by atoms with van der Waals surface area (Å²) in [6.45, 7) is 13.4. The van der Waals surface area contributed by atoms with Crippen LogP contribution in [0.5, 0.6) is 0 Å². The molecule has 5 nitrogen and oxygen atoms in total. The molecule has 0 unspecified atom stereocenters. The maximum Gasteiger partial charge on any atom is 0.500 e. The molecule has 1 fully saturated rings. The van der Waals surface area contributed by atoms with Crippen LogP contribution >= 0.6 is 0 Å². The molecule has 0 N–H and O–H groups in total. The standard InChI is InChI=1S/C14H34N2O3Si2/c1-17-21(18-2,19-3)14-8-7-9-15-10-12-16(13-11-15)20(4,5)6/h7-14H2,1-6H3. The minimum absolute atomic E-state index is 0.908. The van der Waals surface area contributed by atoms with Crippen molar-refractivity contribution < 1.29 is 13.3 Å². The fourth-order valence-electron chi connectivity index (χ4n) is 2.88. The van der Waals surface area contributed by atoms with Gasteiger partial charge in [0.2, 0.25) is 0 Å². The van der Waals surface area contributed by atoms with Gasteiger partial charge in [0.05, 0.1) is 0 Å². The summed E-state index contributed by atoms with van der Waals surface area (Å²) in [6.07, 6.45) is 2.30. The highest BCUT2D eigenvalue weighted by Gasteiger charge is 2.36. The molecule has 0 saturated carbocycles. The van der Waals surface area contributed by atoms with Gasteiger partial charge >= 0.3 is 8.80 Å². The van der Waals surface area contributed by atoms with Crippen LogP contribution in [-0.2, 0) is 13.3 Å². The van der Waals surface area contributed by atoms with Crippen molar-refractivity contribution in [3.63, 3.8) is 0 Å². The first-order valence-electron chi connectivity index (χ1n) is 8.00. The molecule has 0 aromatic carbocycles. The van der Waals surface area contributed by atoms with E-state index in [-0.39, 0.29) is 0 Å². The van der Waals surface area contributed by atoms with Gasteiger partial charge in [0.1, 0.15) is 8.24 Å². The Balaban J connectivity index is 2.20. The average molecular weight is 335 g/mol. The smallest absolute Gasteiger partial charge is 0.377 e. The van der Waals surface area contributed by atoms with E-state index in [0.717, 1.165) is 12.5 Å². The first-order valence-corrected chi connectivity index (χ1v) is 13.4. The van der Waals surface area contributed by atoms with E-state index in [9.17, 15) is 0 Å². The van der Waals surface area contributed by atoms with Crippen molar-refractivity contribution in [2.75, 3.05) is 54.1 Å². The van der Waals surface area contributed by atoms with Crippen molar-refractivity contribution in [1.29, 1.82) is 0 Å². The summed E-state index contributed by atoms with van der Waals surface area (Å²) in [4.78, 5) is 2.59. The second-order valence-electron chi connectivity index (χ2n) is 6.75. The fourth-order valence-corrected chi connectivity index (χ4v) is 6.21. The molecule has 1 aliphatic rings. The molecule has 0 radical (unpaired) electrons. The Morgan fingerprint density at radius 2 is 1.33 bits per heavy atom. The Labute approximate surface area is 133 Å². The summed E-state index contributed by atoms with van der Waals surface area (Å²) in [5.41, 5.74) is 0. The lowest BCUT2D eigenvalue weighted by molar-refractivity contribution is 0.121. The molecule has 0 spiro atoms. The van der Waals surface area contributed by atoms with E-state index in [1.165, 1.54) is 39.1 Å². The van der Waals surface area contributed by atoms with E-state index in [0.29, 0.717) is 0 Å². The number of hydrogen-bond acceptors (Lipinski definition) is 5. The van der Waals surface area contributed by atoms with Crippen LogP contribution in [-0.4, -0.2) is 80.6 Å². The number of rotatable bonds is 9. The van der Waals surface area contributed by atoms with E-state index >= 15 is 0 Å². The third-order valence-electron chi connectivity index (χ3n) is 4.46. The molecule has 21 heavy (non-hydrogen) atoms. The molecule has 1 saturated heterocycles. The molecule has 0 bridgehead atoms. The third-order valence-corrected chi connectivity index (χ3v) is 9.64. The van der Waals surface area contributed by atoms with Crippen LogP contribution in [0, 0.1) is 0 Å². The predicted octanol–water partition coefficient (Wildman–Crippen LogP) is 2.10. The lowest BCUT2D eigenvalue weighted by atomic mass is 10.3. The molecular formula is C14H34N2O3Si2. The highest BCUT2D eigenvalue weighted by atomic mass is 28.4. The maximum absolute atomic E-state index is 5.46. The van der Waals surface area contributed by atoms with Gasteiger partial charge in [-0.05, 0) is 19.4 Å². The normalized spacial score (nSPS) is 19.1. The summed E-state index contributed by atoms with van der Waals surface area (Å²) in [7, 11) is 1.61. The average Bonchev–Trinajstić information content (AvgIpc) is 2.48. The highest BCUT2D eigenvalue weighted by molar-refractivity contribution is 6.73. The molecule has 1 aliphatic heterocycles. The summed E-state index contributed by atoms with van der Waals surface area (Å²) < 4.78 is 19.1. The maximum atomic E-state index is 5.46. The first kappa shape index (κ1) is 19.3. The minimum atomic E-state index is -2.36. The summed E-state index contributed by atoms with van der Waals surface area (Å²) in [6, 6.07) is 0.908. The van der Waals surface area contributed by atoms with Gasteiger partial charge in [-0.25, -0.2) is 0 Å². The zero-order chi connectivity index (χ0) is 15.9. The van der Waals surface area contributed by atoms with Gasteiger partial charge in [0, 0.05) is 53.6 Å².